The number of fused-ring (bicyclic) bond motifs is 1. The number of halogens is 2. The molecule has 0 radical (unpaired) electrons. The first-order chi connectivity index (χ1) is 7.41. The maximum atomic E-state index is 6.25. The van der Waals surface area contributed by atoms with Crippen molar-refractivity contribution in [2.45, 2.75) is 39.2 Å². The maximum absolute atomic E-state index is 6.25. The van der Waals surface area contributed by atoms with Gasteiger partial charge in [0, 0.05) is 16.1 Å². The van der Waals surface area contributed by atoms with Gasteiger partial charge in [-0.05, 0) is 47.9 Å². The first-order valence-corrected chi connectivity index (χ1v) is 6.39. The van der Waals surface area contributed by atoms with Crippen LogP contribution < -0.4 is 5.73 Å². The van der Waals surface area contributed by atoms with Crippen molar-refractivity contribution < 1.29 is 0 Å². The Morgan fingerprint density at radius 3 is 2.56 bits per heavy atom. The van der Waals surface area contributed by atoms with Gasteiger partial charge in [-0.1, -0.05) is 37.0 Å². The van der Waals surface area contributed by atoms with E-state index in [9.17, 15) is 0 Å². The van der Waals surface area contributed by atoms with E-state index in [1.807, 2.05) is 12.1 Å². The van der Waals surface area contributed by atoms with Gasteiger partial charge >= 0.3 is 0 Å². The minimum atomic E-state index is -0.00120. The molecule has 3 heteroatoms. The van der Waals surface area contributed by atoms with E-state index in [0.717, 1.165) is 40.4 Å². The predicted octanol–water partition coefficient (Wildman–Crippen LogP) is 4.36. The molecule has 88 valence electrons. The molecule has 1 aromatic rings. The molecule has 0 saturated carbocycles. The van der Waals surface area contributed by atoms with E-state index in [4.69, 9.17) is 28.9 Å². The molecule has 16 heavy (non-hydrogen) atoms. The van der Waals surface area contributed by atoms with Crippen LogP contribution in [-0.2, 0) is 6.42 Å². The highest BCUT2D eigenvalue weighted by Gasteiger charge is 2.29. The van der Waals surface area contributed by atoms with E-state index in [2.05, 4.69) is 13.8 Å². The van der Waals surface area contributed by atoms with E-state index >= 15 is 0 Å². The number of benzene rings is 1. The van der Waals surface area contributed by atoms with Crippen LogP contribution in [0, 0.1) is 5.41 Å². The molecule has 1 aliphatic rings. The molecule has 2 N–H and O–H groups in total. The SMILES string of the molecule is CC1(C)CCc2c(Cl)ccc(Cl)c2C(N)C1. The van der Waals surface area contributed by atoms with Crippen molar-refractivity contribution in [3.63, 3.8) is 0 Å². The summed E-state index contributed by atoms with van der Waals surface area (Å²) in [6.45, 7) is 4.50. The second-order valence-corrected chi connectivity index (χ2v) is 6.21. The summed E-state index contributed by atoms with van der Waals surface area (Å²) in [5.74, 6) is 0. The second kappa shape index (κ2) is 4.21. The third kappa shape index (κ3) is 2.22. The summed E-state index contributed by atoms with van der Waals surface area (Å²) in [6, 6.07) is 3.72. The fraction of sp³-hybridized carbons (Fsp3) is 0.538. The lowest BCUT2D eigenvalue weighted by molar-refractivity contribution is 0.294. The van der Waals surface area contributed by atoms with E-state index in [1.54, 1.807) is 0 Å². The lowest BCUT2D eigenvalue weighted by Gasteiger charge is -2.24. The van der Waals surface area contributed by atoms with Crippen LogP contribution >= 0.6 is 23.2 Å². The fourth-order valence-corrected chi connectivity index (χ4v) is 3.10. The molecule has 0 amide bonds. The van der Waals surface area contributed by atoms with Gasteiger partial charge in [-0.3, -0.25) is 0 Å². The molecule has 0 spiro atoms. The second-order valence-electron chi connectivity index (χ2n) is 5.40. The van der Waals surface area contributed by atoms with Crippen molar-refractivity contribution in [2.75, 3.05) is 0 Å². The summed E-state index contributed by atoms with van der Waals surface area (Å²) in [7, 11) is 0. The molecule has 0 bridgehead atoms. The first-order valence-electron chi connectivity index (χ1n) is 5.63. The zero-order valence-corrected chi connectivity index (χ0v) is 11.2. The fourth-order valence-electron chi connectivity index (χ4n) is 2.53. The molecule has 0 fully saturated rings. The average molecular weight is 258 g/mol. The van der Waals surface area contributed by atoms with Crippen molar-refractivity contribution in [2.24, 2.45) is 11.1 Å². The molecule has 0 saturated heterocycles. The number of rotatable bonds is 0. The molecular weight excluding hydrogens is 241 g/mol. The summed E-state index contributed by atoms with van der Waals surface area (Å²) in [5, 5.41) is 1.55. The van der Waals surface area contributed by atoms with Crippen LogP contribution in [0.4, 0.5) is 0 Å². The van der Waals surface area contributed by atoms with Gasteiger partial charge in [-0.15, -0.1) is 0 Å². The molecule has 1 aliphatic carbocycles. The van der Waals surface area contributed by atoms with Gasteiger partial charge in [0.05, 0.1) is 0 Å². The van der Waals surface area contributed by atoms with Crippen LogP contribution in [0.25, 0.3) is 0 Å². The van der Waals surface area contributed by atoms with Crippen molar-refractivity contribution in [1.82, 2.24) is 0 Å². The molecule has 1 aromatic carbocycles. The third-order valence-corrected chi connectivity index (χ3v) is 4.13. The van der Waals surface area contributed by atoms with Gasteiger partial charge in [0.25, 0.3) is 0 Å². The van der Waals surface area contributed by atoms with Crippen LogP contribution in [0.1, 0.15) is 43.9 Å². The van der Waals surface area contributed by atoms with E-state index in [0.29, 0.717) is 0 Å². The van der Waals surface area contributed by atoms with Gasteiger partial charge in [0.15, 0.2) is 0 Å². The van der Waals surface area contributed by atoms with E-state index in [1.165, 1.54) is 0 Å². The Morgan fingerprint density at radius 2 is 1.88 bits per heavy atom. The van der Waals surface area contributed by atoms with Crippen LogP contribution in [-0.4, -0.2) is 0 Å². The van der Waals surface area contributed by atoms with Gasteiger partial charge in [-0.2, -0.15) is 0 Å². The highest BCUT2D eigenvalue weighted by atomic mass is 35.5. The van der Waals surface area contributed by atoms with Gasteiger partial charge in [-0.25, -0.2) is 0 Å². The Labute approximate surface area is 107 Å². The van der Waals surface area contributed by atoms with Crippen LogP contribution in [0.2, 0.25) is 10.0 Å². The average Bonchev–Trinajstić information content (AvgIpc) is 2.29. The quantitative estimate of drug-likeness (QED) is 0.687. The summed E-state index contributed by atoms with van der Waals surface area (Å²) in [5.41, 5.74) is 8.70. The van der Waals surface area contributed by atoms with Gasteiger partial charge in [0.2, 0.25) is 0 Å². The van der Waals surface area contributed by atoms with Crippen molar-refractivity contribution in [1.29, 1.82) is 0 Å². The van der Waals surface area contributed by atoms with Crippen LogP contribution in [0.15, 0.2) is 12.1 Å². The molecule has 0 heterocycles. The molecule has 0 aliphatic heterocycles. The van der Waals surface area contributed by atoms with E-state index in [-0.39, 0.29) is 11.5 Å². The Bertz CT molecular complexity index is 413. The predicted molar refractivity (Wildman–Crippen MR) is 70.1 cm³/mol. The summed E-state index contributed by atoms with van der Waals surface area (Å²) in [6.07, 6.45) is 3.03. The molecule has 2 rings (SSSR count). The number of hydrogen-bond donors (Lipinski definition) is 1. The van der Waals surface area contributed by atoms with Crippen molar-refractivity contribution in [3.8, 4) is 0 Å². The maximum Gasteiger partial charge on any atom is 0.0457 e. The molecular formula is C13H17Cl2N. The van der Waals surface area contributed by atoms with E-state index < -0.39 is 0 Å². The summed E-state index contributed by atoms with van der Waals surface area (Å²) < 4.78 is 0. The Balaban J connectivity index is 2.52. The zero-order chi connectivity index (χ0) is 11.9. The molecule has 1 unspecified atom stereocenters. The standard InChI is InChI=1S/C13H17Cl2N/c1-13(2)6-5-8-9(14)3-4-10(15)12(8)11(16)7-13/h3-4,11H,5-7,16H2,1-2H3. The minimum absolute atomic E-state index is 0.00120. The minimum Gasteiger partial charge on any atom is -0.324 e. The highest BCUT2D eigenvalue weighted by Crippen LogP contribution is 2.42. The van der Waals surface area contributed by atoms with Crippen molar-refractivity contribution in [3.05, 3.63) is 33.3 Å². The van der Waals surface area contributed by atoms with Crippen LogP contribution in [0.5, 0.6) is 0 Å². The topological polar surface area (TPSA) is 26.0 Å². The summed E-state index contributed by atoms with van der Waals surface area (Å²) >= 11 is 12.5. The Hall–Kier alpha value is -0.240. The lowest BCUT2D eigenvalue weighted by Crippen LogP contribution is -2.19. The normalized spacial score (nSPS) is 23.7. The third-order valence-electron chi connectivity index (χ3n) is 3.44. The number of nitrogens with two attached hydrogens (primary N) is 1. The Morgan fingerprint density at radius 1 is 1.25 bits per heavy atom. The van der Waals surface area contributed by atoms with Crippen molar-refractivity contribution >= 4 is 23.2 Å². The smallest absolute Gasteiger partial charge is 0.0457 e. The number of hydrogen-bond acceptors (Lipinski definition) is 1. The summed E-state index contributed by atoms with van der Waals surface area (Å²) in [4.78, 5) is 0. The molecule has 0 aromatic heterocycles. The highest BCUT2D eigenvalue weighted by molar-refractivity contribution is 6.34. The first kappa shape index (κ1) is 12.2. The molecule has 1 atom stereocenters. The zero-order valence-electron chi connectivity index (χ0n) is 9.69. The lowest BCUT2D eigenvalue weighted by atomic mass is 9.83. The van der Waals surface area contributed by atoms with Gasteiger partial charge in [0.1, 0.15) is 0 Å². The largest absolute Gasteiger partial charge is 0.324 e. The monoisotopic (exact) mass is 257 g/mol. The Kier molecular flexibility index (Phi) is 3.22. The van der Waals surface area contributed by atoms with Gasteiger partial charge < -0.3 is 5.73 Å². The van der Waals surface area contributed by atoms with Crippen LogP contribution in [0.3, 0.4) is 0 Å². The molecule has 1 nitrogen and oxygen atoms in total.